The number of carbonyl (C=O) groups excluding carboxylic acids is 2. The minimum Gasteiger partial charge on any atom is -0.342 e. The number of piperazine rings is 1. The molecule has 2 amide bonds. The standard InChI is InChI=1S/C23H35N3O2/c1-3-24(4-2)23(28)22(20-12-6-5-7-13-20)26-16-14-25(15-17-26)21(27)18-19-10-8-9-11-19/h5-7,12-13,19,22H,3-4,8-11,14-18H2,1-2H3. The molecule has 3 rings (SSSR count). The highest BCUT2D eigenvalue weighted by Gasteiger charge is 2.33. The first-order valence-corrected chi connectivity index (χ1v) is 11.0. The third kappa shape index (κ3) is 4.93. The highest BCUT2D eigenvalue weighted by Crippen LogP contribution is 2.29. The SMILES string of the molecule is CCN(CC)C(=O)C(c1ccccc1)N1CCN(C(=O)CC2CCCC2)CC1. The van der Waals surface area contributed by atoms with Gasteiger partial charge >= 0.3 is 0 Å². The van der Waals surface area contributed by atoms with Gasteiger partial charge in [-0.15, -0.1) is 0 Å². The van der Waals surface area contributed by atoms with Gasteiger partial charge in [0.05, 0.1) is 0 Å². The fourth-order valence-corrected chi connectivity index (χ4v) is 4.67. The molecule has 1 atom stereocenters. The van der Waals surface area contributed by atoms with E-state index in [9.17, 15) is 9.59 Å². The van der Waals surface area contributed by atoms with E-state index in [-0.39, 0.29) is 11.9 Å². The molecule has 0 bridgehead atoms. The molecule has 1 aromatic rings. The van der Waals surface area contributed by atoms with Gasteiger partial charge in [0.15, 0.2) is 0 Å². The minimum atomic E-state index is -0.256. The maximum Gasteiger partial charge on any atom is 0.244 e. The Hall–Kier alpha value is -1.88. The van der Waals surface area contributed by atoms with Gasteiger partial charge in [-0.3, -0.25) is 14.5 Å². The molecule has 2 fully saturated rings. The summed E-state index contributed by atoms with van der Waals surface area (Å²) in [6.45, 7) is 8.45. The van der Waals surface area contributed by atoms with Gasteiger partial charge in [-0.2, -0.15) is 0 Å². The summed E-state index contributed by atoms with van der Waals surface area (Å²) in [6.07, 6.45) is 5.68. The average Bonchev–Trinajstić information content (AvgIpc) is 3.23. The fourth-order valence-electron chi connectivity index (χ4n) is 4.67. The lowest BCUT2D eigenvalue weighted by molar-refractivity contribution is -0.139. The summed E-state index contributed by atoms with van der Waals surface area (Å²) in [7, 11) is 0. The highest BCUT2D eigenvalue weighted by atomic mass is 16.2. The van der Waals surface area contributed by atoms with Gasteiger partial charge < -0.3 is 9.80 Å². The van der Waals surface area contributed by atoms with Crippen LogP contribution < -0.4 is 0 Å². The van der Waals surface area contributed by atoms with Crippen LogP contribution in [-0.2, 0) is 9.59 Å². The molecule has 28 heavy (non-hydrogen) atoms. The van der Waals surface area contributed by atoms with Crippen molar-refractivity contribution >= 4 is 11.8 Å². The van der Waals surface area contributed by atoms with E-state index in [0.717, 1.165) is 44.8 Å². The van der Waals surface area contributed by atoms with Crippen LogP contribution in [0.25, 0.3) is 0 Å². The molecule has 154 valence electrons. The van der Waals surface area contributed by atoms with Gasteiger partial charge in [-0.05, 0) is 38.2 Å². The second kappa shape index (κ2) is 10.1. The average molecular weight is 386 g/mol. The van der Waals surface area contributed by atoms with Crippen LogP contribution in [0.1, 0.15) is 57.6 Å². The molecule has 1 saturated carbocycles. The van der Waals surface area contributed by atoms with E-state index in [2.05, 4.69) is 4.90 Å². The summed E-state index contributed by atoms with van der Waals surface area (Å²) in [4.78, 5) is 32.1. The first-order chi connectivity index (χ1) is 13.6. The zero-order valence-corrected chi connectivity index (χ0v) is 17.5. The van der Waals surface area contributed by atoms with Crippen LogP contribution in [-0.4, -0.2) is 65.8 Å². The summed E-state index contributed by atoms with van der Waals surface area (Å²) in [5, 5.41) is 0. The number of amides is 2. The van der Waals surface area contributed by atoms with Crippen LogP contribution in [0.4, 0.5) is 0 Å². The molecule has 5 nitrogen and oxygen atoms in total. The number of nitrogens with zero attached hydrogens (tertiary/aromatic N) is 3. The predicted molar refractivity (Wildman–Crippen MR) is 112 cm³/mol. The number of rotatable bonds is 7. The monoisotopic (exact) mass is 385 g/mol. The minimum absolute atomic E-state index is 0.168. The predicted octanol–water partition coefficient (Wildman–Crippen LogP) is 3.32. The van der Waals surface area contributed by atoms with Gasteiger partial charge in [0.2, 0.25) is 11.8 Å². The summed E-state index contributed by atoms with van der Waals surface area (Å²) >= 11 is 0. The van der Waals surface area contributed by atoms with Crippen molar-refractivity contribution in [1.29, 1.82) is 0 Å². The van der Waals surface area contributed by atoms with Gasteiger partial charge in [0.25, 0.3) is 0 Å². The molecular formula is C23H35N3O2. The summed E-state index contributed by atoms with van der Waals surface area (Å²) in [6, 6.07) is 9.82. The van der Waals surface area contributed by atoms with Crippen LogP contribution in [0.5, 0.6) is 0 Å². The second-order valence-electron chi connectivity index (χ2n) is 8.10. The Labute approximate surface area is 169 Å². The third-order valence-corrected chi connectivity index (χ3v) is 6.39. The van der Waals surface area contributed by atoms with Crippen molar-refractivity contribution < 1.29 is 9.59 Å². The molecule has 0 spiro atoms. The lowest BCUT2D eigenvalue weighted by atomic mass is 10.0. The maximum atomic E-state index is 13.3. The highest BCUT2D eigenvalue weighted by molar-refractivity contribution is 5.83. The Kier molecular flexibility index (Phi) is 7.49. The van der Waals surface area contributed by atoms with Crippen molar-refractivity contribution in [2.75, 3.05) is 39.3 Å². The Morgan fingerprint density at radius 2 is 1.61 bits per heavy atom. The van der Waals surface area contributed by atoms with Crippen molar-refractivity contribution in [3.05, 3.63) is 35.9 Å². The van der Waals surface area contributed by atoms with Gasteiger partial charge in [-0.1, -0.05) is 43.2 Å². The van der Waals surface area contributed by atoms with E-state index >= 15 is 0 Å². The van der Waals surface area contributed by atoms with Gasteiger partial charge in [0.1, 0.15) is 6.04 Å². The Morgan fingerprint density at radius 3 is 2.18 bits per heavy atom. The Bertz CT molecular complexity index is 631. The molecule has 1 heterocycles. The molecule has 1 unspecified atom stereocenters. The Morgan fingerprint density at radius 1 is 1.00 bits per heavy atom. The Balaban J connectivity index is 1.65. The molecule has 1 aliphatic heterocycles. The summed E-state index contributed by atoms with van der Waals surface area (Å²) < 4.78 is 0. The lowest BCUT2D eigenvalue weighted by Gasteiger charge is -2.40. The fraction of sp³-hybridized carbons (Fsp3) is 0.652. The molecule has 2 aliphatic rings. The van der Waals surface area contributed by atoms with Gasteiger partial charge in [0, 0.05) is 45.7 Å². The smallest absolute Gasteiger partial charge is 0.244 e. The van der Waals surface area contributed by atoms with Crippen LogP contribution in [0.15, 0.2) is 30.3 Å². The number of carbonyl (C=O) groups is 2. The van der Waals surface area contributed by atoms with Crippen molar-refractivity contribution in [3.8, 4) is 0 Å². The van der Waals surface area contributed by atoms with Crippen LogP contribution >= 0.6 is 0 Å². The van der Waals surface area contributed by atoms with E-state index in [1.807, 2.05) is 54.0 Å². The third-order valence-electron chi connectivity index (χ3n) is 6.39. The summed E-state index contributed by atoms with van der Waals surface area (Å²) in [5.41, 5.74) is 1.05. The van der Waals surface area contributed by atoms with Crippen LogP contribution in [0, 0.1) is 5.92 Å². The van der Waals surface area contributed by atoms with E-state index in [1.54, 1.807) is 0 Å². The maximum absolute atomic E-state index is 13.3. The topological polar surface area (TPSA) is 43.9 Å². The molecule has 1 aromatic carbocycles. The molecule has 0 N–H and O–H groups in total. The number of hydrogen-bond donors (Lipinski definition) is 0. The molecule has 1 aliphatic carbocycles. The second-order valence-corrected chi connectivity index (χ2v) is 8.10. The molecular weight excluding hydrogens is 350 g/mol. The number of benzene rings is 1. The van der Waals surface area contributed by atoms with Crippen molar-refractivity contribution in [2.24, 2.45) is 5.92 Å². The van der Waals surface area contributed by atoms with Gasteiger partial charge in [-0.25, -0.2) is 0 Å². The van der Waals surface area contributed by atoms with Crippen LogP contribution in [0.2, 0.25) is 0 Å². The van der Waals surface area contributed by atoms with E-state index in [0.29, 0.717) is 18.2 Å². The number of likely N-dealkylation sites (N-methyl/N-ethyl adjacent to an activating group) is 1. The first-order valence-electron chi connectivity index (χ1n) is 11.0. The largest absolute Gasteiger partial charge is 0.342 e. The molecule has 1 saturated heterocycles. The van der Waals surface area contributed by atoms with E-state index < -0.39 is 0 Å². The first kappa shape index (κ1) is 20.8. The quantitative estimate of drug-likeness (QED) is 0.723. The van der Waals surface area contributed by atoms with E-state index in [4.69, 9.17) is 0 Å². The molecule has 5 heteroatoms. The molecule has 0 aromatic heterocycles. The van der Waals surface area contributed by atoms with Crippen molar-refractivity contribution in [1.82, 2.24) is 14.7 Å². The lowest BCUT2D eigenvalue weighted by Crippen LogP contribution is -2.53. The molecule has 0 radical (unpaired) electrons. The van der Waals surface area contributed by atoms with E-state index in [1.165, 1.54) is 25.7 Å². The van der Waals surface area contributed by atoms with Crippen molar-refractivity contribution in [3.63, 3.8) is 0 Å². The normalized spacial score (nSPS) is 19.6. The van der Waals surface area contributed by atoms with Crippen molar-refractivity contribution in [2.45, 2.75) is 52.0 Å². The summed E-state index contributed by atoms with van der Waals surface area (Å²) in [5.74, 6) is 1.06. The zero-order chi connectivity index (χ0) is 19.9. The number of hydrogen-bond acceptors (Lipinski definition) is 3. The van der Waals surface area contributed by atoms with Crippen LogP contribution in [0.3, 0.4) is 0 Å². The zero-order valence-electron chi connectivity index (χ0n) is 17.5.